The number of hydrogen-bond acceptors (Lipinski definition) is 6. The topological polar surface area (TPSA) is 73.0 Å². The lowest BCUT2D eigenvalue weighted by atomic mass is 10.00. The molecule has 0 radical (unpaired) electrons. The van der Waals surface area contributed by atoms with E-state index < -0.39 is 16.8 Å². The Kier molecular flexibility index (Phi) is 6.79. The first kappa shape index (κ1) is 23.4. The number of hydrogen-bond donors (Lipinski definition) is 1. The van der Waals surface area contributed by atoms with E-state index in [-0.39, 0.29) is 23.1 Å². The van der Waals surface area contributed by atoms with Gasteiger partial charge in [0.15, 0.2) is 0 Å². The van der Waals surface area contributed by atoms with Crippen LogP contribution < -0.4 is 5.32 Å². The average Bonchev–Trinajstić information content (AvgIpc) is 3.20. The zero-order chi connectivity index (χ0) is 23.0. The van der Waals surface area contributed by atoms with Crippen LogP contribution in [0.25, 0.3) is 0 Å². The lowest BCUT2D eigenvalue weighted by Gasteiger charge is -2.36. The summed E-state index contributed by atoms with van der Waals surface area (Å²) >= 11 is 3.30. The minimum absolute atomic E-state index is 0.0171. The van der Waals surface area contributed by atoms with Gasteiger partial charge < -0.3 is 20.0 Å². The Morgan fingerprint density at radius 3 is 2.59 bits per heavy atom. The maximum atomic E-state index is 13.6. The minimum Gasteiger partial charge on any atom is -0.342 e. The van der Waals surface area contributed by atoms with Crippen LogP contribution in [0.4, 0.5) is 0 Å². The molecule has 3 amide bonds. The molecule has 0 aromatic heterocycles. The average molecular weight is 477 g/mol. The number of nitrogens with zero attached hydrogens (tertiary/aromatic N) is 3. The summed E-state index contributed by atoms with van der Waals surface area (Å²) in [5, 5.41) is 2.89. The van der Waals surface area contributed by atoms with Gasteiger partial charge in [0, 0.05) is 36.5 Å². The number of likely N-dealkylation sites (N-methyl/N-ethyl adjacent to an activating group) is 1. The van der Waals surface area contributed by atoms with Crippen molar-refractivity contribution in [2.24, 2.45) is 0 Å². The molecule has 3 heterocycles. The smallest absolute Gasteiger partial charge is 0.256 e. The van der Waals surface area contributed by atoms with Crippen molar-refractivity contribution in [2.45, 2.75) is 42.5 Å². The van der Waals surface area contributed by atoms with Crippen LogP contribution in [-0.2, 0) is 9.59 Å². The highest BCUT2D eigenvalue weighted by atomic mass is 32.2. The first-order valence-electron chi connectivity index (χ1n) is 11.1. The maximum absolute atomic E-state index is 13.6. The highest BCUT2D eigenvalue weighted by Gasteiger charge is 2.57. The predicted molar refractivity (Wildman–Crippen MR) is 130 cm³/mol. The molecule has 1 aromatic rings. The van der Waals surface area contributed by atoms with Crippen molar-refractivity contribution in [3.63, 3.8) is 0 Å². The molecular formula is C23H32N4O3S2. The van der Waals surface area contributed by atoms with Gasteiger partial charge in [-0.3, -0.25) is 14.4 Å². The lowest BCUT2D eigenvalue weighted by Crippen LogP contribution is -2.59. The van der Waals surface area contributed by atoms with Crippen molar-refractivity contribution in [1.82, 2.24) is 20.0 Å². The molecule has 7 nitrogen and oxygen atoms in total. The molecule has 3 aliphatic heterocycles. The molecule has 2 saturated heterocycles. The summed E-state index contributed by atoms with van der Waals surface area (Å²) in [5.74, 6) is 0.426. The van der Waals surface area contributed by atoms with Crippen molar-refractivity contribution in [3.8, 4) is 0 Å². The number of piperazine rings is 1. The van der Waals surface area contributed by atoms with Crippen LogP contribution in [0.3, 0.4) is 0 Å². The second-order valence-electron chi connectivity index (χ2n) is 9.25. The molecule has 174 valence electrons. The molecular weight excluding hydrogens is 444 g/mol. The number of amides is 3. The molecule has 9 heteroatoms. The third kappa shape index (κ3) is 4.26. The van der Waals surface area contributed by atoms with Gasteiger partial charge in [0.25, 0.3) is 5.91 Å². The zero-order valence-corrected chi connectivity index (χ0v) is 20.8. The fraction of sp³-hybridized carbons (Fsp3) is 0.609. The van der Waals surface area contributed by atoms with Crippen LogP contribution in [0.2, 0.25) is 0 Å². The number of carbonyl (C=O) groups is 3. The Bertz CT molecular complexity index is 901. The van der Waals surface area contributed by atoms with Gasteiger partial charge in [0.1, 0.15) is 17.5 Å². The summed E-state index contributed by atoms with van der Waals surface area (Å²) in [7, 11) is 2.05. The molecule has 0 aliphatic carbocycles. The Hall–Kier alpha value is -1.71. The monoisotopic (exact) mass is 476 g/mol. The van der Waals surface area contributed by atoms with E-state index in [1.807, 2.05) is 49.3 Å². The highest BCUT2D eigenvalue weighted by molar-refractivity contribution is 8.01. The number of thioether (sulfide) groups is 2. The fourth-order valence-electron chi connectivity index (χ4n) is 4.80. The molecule has 1 unspecified atom stereocenters. The minimum atomic E-state index is -0.630. The van der Waals surface area contributed by atoms with Crippen LogP contribution >= 0.6 is 23.5 Å². The molecule has 1 aromatic carbocycles. The molecule has 32 heavy (non-hydrogen) atoms. The summed E-state index contributed by atoms with van der Waals surface area (Å²) in [6.45, 7) is 7.04. The van der Waals surface area contributed by atoms with E-state index in [9.17, 15) is 14.4 Å². The van der Waals surface area contributed by atoms with Gasteiger partial charge in [0.2, 0.25) is 11.8 Å². The van der Waals surface area contributed by atoms with Gasteiger partial charge in [-0.1, -0.05) is 18.2 Å². The Morgan fingerprint density at radius 1 is 1.22 bits per heavy atom. The largest absolute Gasteiger partial charge is 0.342 e. The second kappa shape index (κ2) is 9.27. The van der Waals surface area contributed by atoms with Gasteiger partial charge in [-0.25, -0.2) is 0 Å². The molecule has 1 N–H and O–H groups in total. The van der Waals surface area contributed by atoms with E-state index >= 15 is 0 Å². The van der Waals surface area contributed by atoms with Gasteiger partial charge in [-0.2, -0.15) is 11.8 Å². The number of benzene rings is 1. The first-order valence-corrected chi connectivity index (χ1v) is 13.4. The summed E-state index contributed by atoms with van der Waals surface area (Å²) in [6.07, 6.45) is 2.58. The van der Waals surface area contributed by atoms with Crippen LogP contribution in [0, 0.1) is 0 Å². The summed E-state index contributed by atoms with van der Waals surface area (Å²) < 4.78 is -0.459. The molecule has 0 spiro atoms. The van der Waals surface area contributed by atoms with Crippen LogP contribution in [0.15, 0.2) is 24.3 Å². The standard InChI is InChI=1S/C23H32N4O3S2/c1-23(2)18(27-20(29)15-7-5-6-8-16(15)22(27)32-23)19(28)24-17(9-14-31-4)21(30)26-12-10-25(3)11-13-26/h5-8,17-18,22H,9-14H2,1-4H3,(H,24,28)/t17-,18+,22?/m0/s1. The molecule has 2 fully saturated rings. The Labute approximate surface area is 198 Å². The highest BCUT2D eigenvalue weighted by Crippen LogP contribution is 2.56. The van der Waals surface area contributed by atoms with Gasteiger partial charge in [-0.15, -0.1) is 11.8 Å². The Morgan fingerprint density at radius 2 is 1.91 bits per heavy atom. The van der Waals surface area contributed by atoms with Gasteiger partial charge in [0.05, 0.1) is 0 Å². The maximum Gasteiger partial charge on any atom is 0.256 e. The van der Waals surface area contributed by atoms with E-state index in [1.54, 1.807) is 28.4 Å². The van der Waals surface area contributed by atoms with E-state index in [1.165, 1.54) is 0 Å². The van der Waals surface area contributed by atoms with E-state index in [0.717, 1.165) is 24.4 Å². The third-order valence-electron chi connectivity index (χ3n) is 6.58. The van der Waals surface area contributed by atoms with Crippen LogP contribution in [-0.4, -0.2) is 94.5 Å². The van der Waals surface area contributed by atoms with E-state index in [0.29, 0.717) is 25.1 Å². The van der Waals surface area contributed by atoms with Gasteiger partial charge in [-0.05, 0) is 51.0 Å². The van der Waals surface area contributed by atoms with Crippen molar-refractivity contribution >= 4 is 41.2 Å². The summed E-state index contributed by atoms with van der Waals surface area (Å²) in [4.78, 5) is 45.9. The first-order chi connectivity index (χ1) is 15.2. The van der Waals surface area contributed by atoms with Gasteiger partial charge >= 0.3 is 0 Å². The van der Waals surface area contributed by atoms with Crippen molar-refractivity contribution in [2.75, 3.05) is 45.2 Å². The van der Waals surface area contributed by atoms with Crippen LogP contribution in [0.1, 0.15) is 41.6 Å². The van der Waals surface area contributed by atoms with Crippen molar-refractivity contribution in [3.05, 3.63) is 35.4 Å². The SMILES string of the molecule is CSCC[C@H](NC(=O)[C@H]1N2C(=O)c3ccccc3C2SC1(C)C)C(=O)N1CCN(C)CC1. The number of fused-ring (bicyclic) bond motifs is 3. The van der Waals surface area contributed by atoms with Crippen molar-refractivity contribution in [1.29, 1.82) is 0 Å². The van der Waals surface area contributed by atoms with Crippen LogP contribution in [0.5, 0.6) is 0 Å². The molecule has 3 atom stereocenters. The zero-order valence-electron chi connectivity index (χ0n) is 19.2. The lowest BCUT2D eigenvalue weighted by molar-refractivity contribution is -0.139. The third-order valence-corrected chi connectivity index (χ3v) is 8.76. The molecule has 3 aliphatic rings. The number of carbonyl (C=O) groups excluding carboxylic acids is 3. The predicted octanol–water partition coefficient (Wildman–Crippen LogP) is 2.05. The number of rotatable bonds is 6. The quantitative estimate of drug-likeness (QED) is 0.678. The molecule has 0 saturated carbocycles. The second-order valence-corrected chi connectivity index (χ2v) is 12.0. The molecule has 4 rings (SSSR count). The molecule has 0 bridgehead atoms. The van der Waals surface area contributed by atoms with Crippen molar-refractivity contribution < 1.29 is 14.4 Å². The Balaban J connectivity index is 1.53. The summed E-state index contributed by atoms with van der Waals surface area (Å²) in [5.41, 5.74) is 1.64. The normalized spacial score (nSPS) is 25.4. The van der Waals surface area contributed by atoms with E-state index in [2.05, 4.69) is 17.3 Å². The summed E-state index contributed by atoms with van der Waals surface area (Å²) in [6, 6.07) is 6.39. The fourth-order valence-corrected chi connectivity index (χ4v) is 6.86. The number of nitrogens with one attached hydrogen (secondary N) is 1. The van der Waals surface area contributed by atoms with E-state index in [4.69, 9.17) is 0 Å².